The van der Waals surface area contributed by atoms with Gasteiger partial charge in [0.05, 0.1) is 7.11 Å². The van der Waals surface area contributed by atoms with Crippen molar-refractivity contribution in [3.63, 3.8) is 0 Å². The van der Waals surface area contributed by atoms with E-state index in [9.17, 15) is 14.4 Å². The molecule has 0 radical (unpaired) electrons. The number of hydrogen-bond acceptors (Lipinski definition) is 4. The Labute approximate surface area is 207 Å². The molecule has 2 heterocycles. The highest BCUT2D eigenvalue weighted by Gasteiger charge is 2.36. The van der Waals surface area contributed by atoms with Crippen LogP contribution in [-0.4, -0.2) is 66.9 Å². The lowest BCUT2D eigenvalue weighted by molar-refractivity contribution is -0.136. The Bertz CT molecular complexity index is 1040. The number of amides is 3. The minimum absolute atomic E-state index is 0.00522. The highest BCUT2D eigenvalue weighted by molar-refractivity contribution is 5.98. The largest absolute Gasteiger partial charge is 0.497 e. The maximum atomic E-state index is 13.5. The van der Waals surface area contributed by atoms with E-state index >= 15 is 0 Å². The van der Waals surface area contributed by atoms with E-state index in [1.165, 1.54) is 0 Å². The normalized spacial score (nSPS) is 17.5. The molecule has 0 saturated carbocycles. The predicted octanol–water partition coefficient (Wildman–Crippen LogP) is 3.67. The lowest BCUT2D eigenvalue weighted by Gasteiger charge is -2.38. The molecule has 186 valence electrons. The Morgan fingerprint density at radius 3 is 2.20 bits per heavy atom. The molecule has 3 amide bonds. The molecule has 1 N–H and O–H groups in total. The fourth-order valence-electron chi connectivity index (χ4n) is 5.06. The molecule has 2 aromatic rings. The summed E-state index contributed by atoms with van der Waals surface area (Å²) in [5.74, 6) is 0.460. The van der Waals surface area contributed by atoms with Crippen molar-refractivity contribution in [2.24, 2.45) is 5.92 Å². The molecular weight excluding hydrogens is 442 g/mol. The summed E-state index contributed by atoms with van der Waals surface area (Å²) in [7, 11) is 1.60. The number of carbonyl (C=O) groups is 3. The van der Waals surface area contributed by atoms with Crippen LogP contribution in [0.2, 0.25) is 0 Å². The van der Waals surface area contributed by atoms with E-state index in [2.05, 4.69) is 5.32 Å². The first-order chi connectivity index (χ1) is 17.0. The zero-order valence-electron chi connectivity index (χ0n) is 20.7. The van der Waals surface area contributed by atoms with Crippen molar-refractivity contribution in [2.45, 2.75) is 45.1 Å². The van der Waals surface area contributed by atoms with Crippen molar-refractivity contribution in [1.29, 1.82) is 0 Å². The van der Waals surface area contributed by atoms with Crippen LogP contribution >= 0.6 is 0 Å². The fourth-order valence-corrected chi connectivity index (χ4v) is 5.06. The van der Waals surface area contributed by atoms with Crippen LogP contribution < -0.4 is 10.1 Å². The number of aryl methyl sites for hydroxylation is 1. The maximum Gasteiger partial charge on any atom is 0.253 e. The van der Waals surface area contributed by atoms with Gasteiger partial charge in [-0.05, 0) is 81.3 Å². The highest BCUT2D eigenvalue weighted by atomic mass is 16.5. The van der Waals surface area contributed by atoms with E-state index in [1.54, 1.807) is 37.4 Å². The van der Waals surface area contributed by atoms with E-state index in [0.29, 0.717) is 42.8 Å². The van der Waals surface area contributed by atoms with Gasteiger partial charge in [-0.1, -0.05) is 17.7 Å². The van der Waals surface area contributed by atoms with E-state index in [4.69, 9.17) is 4.74 Å². The number of piperidine rings is 2. The number of nitrogens with zero attached hydrogens (tertiary/aromatic N) is 2. The third-order valence-corrected chi connectivity index (χ3v) is 7.14. The first kappa shape index (κ1) is 24.8. The maximum absolute atomic E-state index is 13.5. The molecule has 4 rings (SSSR count). The second-order valence-electron chi connectivity index (χ2n) is 9.56. The monoisotopic (exact) mass is 477 g/mol. The van der Waals surface area contributed by atoms with Crippen molar-refractivity contribution >= 4 is 17.7 Å². The molecule has 7 heteroatoms. The van der Waals surface area contributed by atoms with Gasteiger partial charge in [0.25, 0.3) is 11.8 Å². The zero-order valence-corrected chi connectivity index (χ0v) is 20.7. The van der Waals surface area contributed by atoms with Crippen LogP contribution in [0, 0.1) is 12.8 Å². The molecule has 0 bridgehead atoms. The van der Waals surface area contributed by atoms with E-state index in [1.807, 2.05) is 34.9 Å². The van der Waals surface area contributed by atoms with Crippen molar-refractivity contribution in [3.05, 3.63) is 65.2 Å². The smallest absolute Gasteiger partial charge is 0.253 e. The average Bonchev–Trinajstić information content (AvgIpc) is 2.91. The Morgan fingerprint density at radius 2 is 1.57 bits per heavy atom. The van der Waals surface area contributed by atoms with Gasteiger partial charge in [-0.3, -0.25) is 14.4 Å². The van der Waals surface area contributed by atoms with Crippen LogP contribution in [0.15, 0.2) is 48.5 Å². The topological polar surface area (TPSA) is 79.0 Å². The Balaban J connectivity index is 1.45. The number of hydrogen-bond donors (Lipinski definition) is 1. The van der Waals surface area contributed by atoms with Crippen LogP contribution in [0.1, 0.15) is 58.4 Å². The molecule has 0 aliphatic carbocycles. The van der Waals surface area contributed by atoms with Crippen LogP contribution in [0.4, 0.5) is 0 Å². The molecule has 0 aromatic heterocycles. The van der Waals surface area contributed by atoms with Gasteiger partial charge >= 0.3 is 0 Å². The molecule has 0 spiro atoms. The molecule has 35 heavy (non-hydrogen) atoms. The average molecular weight is 478 g/mol. The summed E-state index contributed by atoms with van der Waals surface area (Å²) < 4.78 is 5.18. The summed E-state index contributed by atoms with van der Waals surface area (Å²) in [6.07, 6.45) is 4.47. The first-order valence-electron chi connectivity index (χ1n) is 12.6. The summed E-state index contributed by atoms with van der Waals surface area (Å²) in [5, 5.41) is 3.07. The number of benzene rings is 2. The quantitative estimate of drug-likeness (QED) is 0.689. The number of rotatable bonds is 6. The van der Waals surface area contributed by atoms with Crippen molar-refractivity contribution in [2.75, 3.05) is 33.3 Å². The predicted molar refractivity (Wildman–Crippen MR) is 134 cm³/mol. The second kappa shape index (κ2) is 11.4. The SMILES string of the molecule is COc1ccc(C(=O)N2CCC([C@H](NC(=O)c3cccc(C)c3)C(=O)N3CCCCC3)CC2)cc1. The number of nitrogens with one attached hydrogen (secondary N) is 1. The van der Waals surface area contributed by atoms with Gasteiger partial charge in [0.1, 0.15) is 11.8 Å². The van der Waals surface area contributed by atoms with Gasteiger partial charge in [-0.15, -0.1) is 0 Å². The number of carbonyl (C=O) groups excluding carboxylic acids is 3. The molecule has 2 aromatic carbocycles. The molecule has 7 nitrogen and oxygen atoms in total. The lowest BCUT2D eigenvalue weighted by Crippen LogP contribution is -2.55. The third kappa shape index (κ3) is 6.02. The first-order valence-corrected chi connectivity index (χ1v) is 12.6. The van der Waals surface area contributed by atoms with Crippen molar-refractivity contribution in [3.8, 4) is 5.75 Å². The summed E-state index contributed by atoms with van der Waals surface area (Å²) in [6, 6.07) is 14.0. The van der Waals surface area contributed by atoms with E-state index in [0.717, 1.165) is 37.9 Å². The van der Waals surface area contributed by atoms with Gasteiger partial charge in [0.15, 0.2) is 0 Å². The molecule has 1 atom stereocenters. The highest BCUT2D eigenvalue weighted by Crippen LogP contribution is 2.25. The summed E-state index contributed by atoms with van der Waals surface area (Å²) in [5.41, 5.74) is 2.19. The van der Waals surface area contributed by atoms with Crippen LogP contribution in [0.25, 0.3) is 0 Å². The number of methoxy groups -OCH3 is 1. The number of ether oxygens (including phenoxy) is 1. The van der Waals surface area contributed by atoms with Gasteiger partial charge in [0, 0.05) is 37.3 Å². The van der Waals surface area contributed by atoms with Crippen LogP contribution in [0.3, 0.4) is 0 Å². The van der Waals surface area contributed by atoms with Gasteiger partial charge < -0.3 is 19.9 Å². The zero-order chi connectivity index (χ0) is 24.8. The van der Waals surface area contributed by atoms with Crippen LogP contribution in [-0.2, 0) is 4.79 Å². The second-order valence-corrected chi connectivity index (χ2v) is 9.56. The van der Waals surface area contributed by atoms with E-state index < -0.39 is 6.04 Å². The van der Waals surface area contributed by atoms with Gasteiger partial charge in [-0.2, -0.15) is 0 Å². The molecule has 2 saturated heterocycles. The molecule has 2 aliphatic rings. The fraction of sp³-hybridized carbons (Fsp3) is 0.464. The van der Waals surface area contributed by atoms with Crippen LogP contribution in [0.5, 0.6) is 5.75 Å². The third-order valence-electron chi connectivity index (χ3n) is 7.14. The Kier molecular flexibility index (Phi) is 8.06. The summed E-state index contributed by atoms with van der Waals surface area (Å²) in [4.78, 5) is 43.4. The number of likely N-dealkylation sites (tertiary alicyclic amines) is 2. The molecule has 2 fully saturated rings. The lowest BCUT2D eigenvalue weighted by atomic mass is 9.87. The minimum Gasteiger partial charge on any atom is -0.497 e. The minimum atomic E-state index is -0.584. The molecular formula is C28H35N3O4. The Morgan fingerprint density at radius 1 is 0.886 bits per heavy atom. The molecule has 2 aliphatic heterocycles. The van der Waals surface area contributed by atoms with Gasteiger partial charge in [0.2, 0.25) is 5.91 Å². The standard InChI is InChI=1S/C28H35N3O4/c1-20-7-6-8-23(19-20)26(32)29-25(28(34)30-15-4-3-5-16-30)21-13-17-31(18-14-21)27(33)22-9-11-24(35-2)12-10-22/h6-12,19,21,25H,3-5,13-18H2,1-2H3,(H,29,32)/t25-/m0/s1. The van der Waals surface area contributed by atoms with Crippen molar-refractivity contribution in [1.82, 2.24) is 15.1 Å². The van der Waals surface area contributed by atoms with Gasteiger partial charge in [-0.25, -0.2) is 0 Å². The molecule has 0 unspecified atom stereocenters. The van der Waals surface area contributed by atoms with Crippen molar-refractivity contribution < 1.29 is 19.1 Å². The summed E-state index contributed by atoms with van der Waals surface area (Å²) in [6.45, 7) is 4.54. The Hall–Kier alpha value is -3.35. The van der Waals surface area contributed by atoms with E-state index in [-0.39, 0.29) is 23.6 Å². The summed E-state index contributed by atoms with van der Waals surface area (Å²) >= 11 is 0.